The highest BCUT2D eigenvalue weighted by atomic mass is 35.5. The molecule has 0 spiro atoms. The van der Waals surface area contributed by atoms with Crippen LogP contribution in [0.2, 0.25) is 5.22 Å². The van der Waals surface area contributed by atoms with E-state index in [1.54, 1.807) is 0 Å². The highest BCUT2D eigenvalue weighted by molar-refractivity contribution is 6.29. The van der Waals surface area contributed by atoms with Gasteiger partial charge in [0.2, 0.25) is 0 Å². The topological polar surface area (TPSA) is 42.2 Å². The lowest BCUT2D eigenvalue weighted by Gasteiger charge is -2.15. The van der Waals surface area contributed by atoms with Gasteiger partial charge in [0.05, 0.1) is 6.04 Å². The Labute approximate surface area is 115 Å². The Morgan fingerprint density at radius 1 is 1.22 bits per heavy atom. The molecule has 94 valence electrons. The first-order valence-corrected chi connectivity index (χ1v) is 6.29. The molecule has 1 unspecified atom stereocenters. The maximum atomic E-state index is 11.9. The van der Waals surface area contributed by atoms with Gasteiger partial charge in [-0.15, -0.1) is 11.6 Å². The fraction of sp³-hybridized carbons (Fsp3) is 0.154. The standard InChI is InChI=1S/C13H11Cl2NO2/c14-8-10(9-4-2-1-3-5-9)16-13(17)11-6-7-12(15)18-11/h1-7,10H,8H2,(H,16,17). The molecule has 1 heterocycles. The Kier molecular flexibility index (Phi) is 4.28. The Hall–Kier alpha value is -1.45. The SMILES string of the molecule is O=C(NC(CCl)c1ccccc1)c1ccc(Cl)o1. The molecule has 18 heavy (non-hydrogen) atoms. The maximum Gasteiger partial charge on any atom is 0.287 e. The van der Waals surface area contributed by atoms with E-state index < -0.39 is 0 Å². The van der Waals surface area contributed by atoms with Crippen molar-refractivity contribution in [1.29, 1.82) is 0 Å². The zero-order valence-electron chi connectivity index (χ0n) is 9.40. The molecule has 0 fully saturated rings. The van der Waals surface area contributed by atoms with Crippen molar-refractivity contribution in [2.75, 3.05) is 5.88 Å². The van der Waals surface area contributed by atoms with E-state index in [-0.39, 0.29) is 28.8 Å². The van der Waals surface area contributed by atoms with E-state index in [0.29, 0.717) is 0 Å². The predicted octanol–water partition coefficient (Wildman–Crippen LogP) is 3.64. The summed E-state index contributed by atoms with van der Waals surface area (Å²) in [5, 5.41) is 2.97. The van der Waals surface area contributed by atoms with Crippen LogP contribution in [0, 0.1) is 0 Å². The summed E-state index contributed by atoms with van der Waals surface area (Å²) in [5.41, 5.74) is 0.943. The van der Waals surface area contributed by atoms with Crippen LogP contribution in [0.1, 0.15) is 22.2 Å². The zero-order valence-corrected chi connectivity index (χ0v) is 10.9. The summed E-state index contributed by atoms with van der Waals surface area (Å²) in [6.45, 7) is 0. The molecule has 1 aromatic carbocycles. The number of furan rings is 1. The van der Waals surface area contributed by atoms with Gasteiger partial charge in [-0.2, -0.15) is 0 Å². The van der Waals surface area contributed by atoms with E-state index in [1.807, 2.05) is 30.3 Å². The minimum Gasteiger partial charge on any atom is -0.440 e. The highest BCUT2D eigenvalue weighted by Crippen LogP contribution is 2.17. The van der Waals surface area contributed by atoms with Crippen LogP contribution in [0.4, 0.5) is 0 Å². The molecule has 0 aliphatic heterocycles. The Morgan fingerprint density at radius 2 is 1.94 bits per heavy atom. The van der Waals surface area contributed by atoms with Crippen molar-refractivity contribution in [3.8, 4) is 0 Å². The third-order valence-electron chi connectivity index (χ3n) is 2.46. The van der Waals surface area contributed by atoms with Gasteiger partial charge < -0.3 is 9.73 Å². The summed E-state index contributed by atoms with van der Waals surface area (Å²) in [5.74, 6) is 0.118. The lowest BCUT2D eigenvalue weighted by Crippen LogP contribution is -2.29. The first kappa shape index (κ1) is 13.0. The minimum atomic E-state index is -0.337. The van der Waals surface area contributed by atoms with Gasteiger partial charge in [-0.25, -0.2) is 0 Å². The van der Waals surface area contributed by atoms with Gasteiger partial charge in [-0.3, -0.25) is 4.79 Å². The highest BCUT2D eigenvalue weighted by Gasteiger charge is 2.17. The van der Waals surface area contributed by atoms with Crippen molar-refractivity contribution < 1.29 is 9.21 Å². The molecule has 1 atom stereocenters. The fourth-order valence-corrected chi connectivity index (χ4v) is 1.96. The van der Waals surface area contributed by atoms with Crippen LogP contribution in [0.15, 0.2) is 46.9 Å². The van der Waals surface area contributed by atoms with Crippen LogP contribution >= 0.6 is 23.2 Å². The molecular formula is C13H11Cl2NO2. The van der Waals surface area contributed by atoms with E-state index in [0.717, 1.165) is 5.56 Å². The molecule has 0 saturated heterocycles. The van der Waals surface area contributed by atoms with Crippen molar-refractivity contribution in [2.45, 2.75) is 6.04 Å². The molecule has 3 nitrogen and oxygen atoms in total. The number of rotatable bonds is 4. The summed E-state index contributed by atoms with van der Waals surface area (Å²) in [6, 6.07) is 12.3. The molecule has 0 aliphatic carbocycles. The zero-order chi connectivity index (χ0) is 13.0. The fourth-order valence-electron chi connectivity index (χ4n) is 1.56. The number of carbonyl (C=O) groups is 1. The minimum absolute atomic E-state index is 0.172. The van der Waals surface area contributed by atoms with Crippen molar-refractivity contribution in [1.82, 2.24) is 5.32 Å². The molecule has 0 saturated carbocycles. The van der Waals surface area contributed by atoms with Crippen LogP contribution < -0.4 is 5.32 Å². The Balaban J connectivity index is 2.10. The molecule has 2 rings (SSSR count). The Bertz CT molecular complexity index is 525. The molecule has 0 bridgehead atoms. The molecule has 1 aromatic heterocycles. The monoisotopic (exact) mass is 283 g/mol. The van der Waals surface area contributed by atoms with Gasteiger partial charge >= 0.3 is 0 Å². The van der Waals surface area contributed by atoms with Crippen molar-refractivity contribution in [3.63, 3.8) is 0 Å². The van der Waals surface area contributed by atoms with Crippen molar-refractivity contribution in [3.05, 3.63) is 59.0 Å². The molecule has 2 aromatic rings. The predicted molar refractivity (Wildman–Crippen MR) is 71.1 cm³/mol. The number of carbonyl (C=O) groups excluding carboxylic acids is 1. The average Bonchev–Trinajstić information content (AvgIpc) is 2.83. The second-order valence-corrected chi connectivity index (χ2v) is 4.38. The van der Waals surface area contributed by atoms with Gasteiger partial charge in [0, 0.05) is 5.88 Å². The third kappa shape index (κ3) is 3.06. The normalized spacial score (nSPS) is 12.1. The maximum absolute atomic E-state index is 11.9. The number of amides is 1. The van der Waals surface area contributed by atoms with Crippen LogP contribution in [-0.2, 0) is 0 Å². The van der Waals surface area contributed by atoms with E-state index in [4.69, 9.17) is 27.6 Å². The Morgan fingerprint density at radius 3 is 2.50 bits per heavy atom. The lowest BCUT2D eigenvalue weighted by molar-refractivity contribution is 0.0912. The first-order valence-electron chi connectivity index (χ1n) is 5.38. The largest absolute Gasteiger partial charge is 0.440 e. The van der Waals surface area contributed by atoms with Crippen LogP contribution in [-0.4, -0.2) is 11.8 Å². The number of nitrogens with one attached hydrogen (secondary N) is 1. The summed E-state index contributed by atoms with van der Waals surface area (Å²) < 4.78 is 5.04. The number of hydrogen-bond acceptors (Lipinski definition) is 2. The second-order valence-electron chi connectivity index (χ2n) is 3.69. The summed E-state index contributed by atoms with van der Waals surface area (Å²) in [7, 11) is 0. The van der Waals surface area contributed by atoms with E-state index in [1.165, 1.54) is 12.1 Å². The lowest BCUT2D eigenvalue weighted by atomic mass is 10.1. The molecule has 0 radical (unpaired) electrons. The van der Waals surface area contributed by atoms with Gasteiger partial charge in [-0.05, 0) is 29.3 Å². The summed E-state index contributed by atoms with van der Waals surface area (Å²) in [6.07, 6.45) is 0. The van der Waals surface area contributed by atoms with Crippen LogP contribution in [0.5, 0.6) is 0 Å². The number of alkyl halides is 1. The van der Waals surface area contributed by atoms with Gasteiger partial charge in [0.1, 0.15) is 0 Å². The molecule has 1 N–H and O–H groups in total. The smallest absolute Gasteiger partial charge is 0.287 e. The summed E-state index contributed by atoms with van der Waals surface area (Å²) in [4.78, 5) is 11.9. The van der Waals surface area contributed by atoms with Gasteiger partial charge in [0.15, 0.2) is 11.0 Å². The van der Waals surface area contributed by atoms with Crippen LogP contribution in [0.3, 0.4) is 0 Å². The molecule has 1 amide bonds. The van der Waals surface area contributed by atoms with E-state index in [2.05, 4.69) is 5.32 Å². The second kappa shape index (κ2) is 5.94. The van der Waals surface area contributed by atoms with Gasteiger partial charge in [-0.1, -0.05) is 30.3 Å². The molecule has 5 heteroatoms. The quantitative estimate of drug-likeness (QED) is 0.871. The van der Waals surface area contributed by atoms with Crippen LogP contribution in [0.25, 0.3) is 0 Å². The average molecular weight is 284 g/mol. The van der Waals surface area contributed by atoms with E-state index >= 15 is 0 Å². The molecule has 0 aliphatic rings. The van der Waals surface area contributed by atoms with Gasteiger partial charge in [0.25, 0.3) is 5.91 Å². The number of hydrogen-bond donors (Lipinski definition) is 1. The van der Waals surface area contributed by atoms with Crippen molar-refractivity contribution >= 4 is 29.1 Å². The molecular weight excluding hydrogens is 273 g/mol. The third-order valence-corrected chi connectivity index (χ3v) is 2.97. The first-order chi connectivity index (χ1) is 8.70. The number of benzene rings is 1. The van der Waals surface area contributed by atoms with Crippen molar-refractivity contribution in [2.24, 2.45) is 0 Å². The summed E-state index contributed by atoms with van der Waals surface area (Å²) >= 11 is 11.5. The number of halogens is 2. The van der Waals surface area contributed by atoms with E-state index in [9.17, 15) is 4.79 Å².